The molecule has 8 aromatic rings. The average Bonchev–Trinajstić information content (AvgIpc) is 3.20. The predicted molar refractivity (Wildman–Crippen MR) is 194 cm³/mol. The minimum absolute atomic E-state index is 0.561. The molecule has 8 rings (SSSR count). The van der Waals surface area contributed by atoms with Gasteiger partial charge in [0.1, 0.15) is 5.45 Å². The van der Waals surface area contributed by atoms with Crippen molar-refractivity contribution in [2.24, 2.45) is 0 Å². The van der Waals surface area contributed by atoms with Crippen LogP contribution in [-0.2, 0) is 0 Å². The predicted octanol–water partition coefficient (Wildman–Crippen LogP) is 4.89. The van der Waals surface area contributed by atoms with Crippen molar-refractivity contribution in [3.63, 3.8) is 0 Å². The van der Waals surface area contributed by atoms with Gasteiger partial charge in [-0.15, -0.1) is 0 Å². The van der Waals surface area contributed by atoms with Crippen molar-refractivity contribution >= 4 is 29.5 Å². The van der Waals surface area contributed by atoms with Crippen molar-refractivity contribution in [2.75, 3.05) is 0 Å². The minimum atomic E-state index is -3.68. The Morgan fingerprint density at radius 2 is 0.816 bits per heavy atom. The monoisotopic (exact) mass is 648 g/mol. The summed E-state index contributed by atoms with van der Waals surface area (Å²) in [5.41, 5.74) is 6.52. The molecular weight excluding hydrogens is 621 g/mol. The van der Waals surface area contributed by atoms with Crippen LogP contribution in [0.5, 0.6) is 0 Å². The first-order valence-electron chi connectivity index (χ1n) is 15.8. The van der Waals surface area contributed by atoms with Gasteiger partial charge in [0.2, 0.25) is 0 Å². The fourth-order valence-electron chi connectivity index (χ4n) is 5.93. The molecule has 232 valence electrons. The quantitative estimate of drug-likeness (QED) is 0.215. The molecule has 4 aromatic heterocycles. The second-order valence-corrected chi connectivity index (χ2v) is 14.8. The zero-order valence-electron chi connectivity index (χ0n) is 26.2. The molecule has 9 heteroatoms. The minimum Gasteiger partial charge on any atom is -0.261 e. The molecule has 0 unspecified atom stereocenters. The van der Waals surface area contributed by atoms with Crippen molar-refractivity contribution in [2.45, 2.75) is 0 Å². The van der Waals surface area contributed by atoms with E-state index in [0.29, 0.717) is 27.2 Å². The molecule has 0 aliphatic heterocycles. The van der Waals surface area contributed by atoms with Gasteiger partial charge in [-0.3, -0.25) is 19.9 Å². The number of aromatic nitrogens is 8. The van der Waals surface area contributed by atoms with Gasteiger partial charge in [-0.05, 0) is 12.1 Å². The second kappa shape index (κ2) is 13.3. The zero-order valence-corrected chi connectivity index (χ0v) is 27.2. The van der Waals surface area contributed by atoms with Crippen LogP contribution in [-0.4, -0.2) is 47.9 Å². The molecule has 0 fully saturated rings. The summed E-state index contributed by atoms with van der Waals surface area (Å²) in [5.74, 6) is 0.577. The molecule has 0 atom stereocenters. The highest BCUT2D eigenvalue weighted by Crippen LogP contribution is 2.20. The van der Waals surface area contributed by atoms with E-state index in [-0.39, 0.29) is 0 Å². The van der Waals surface area contributed by atoms with E-state index in [0.717, 1.165) is 39.3 Å². The fraction of sp³-hybridized carbons (Fsp3) is 0. The van der Waals surface area contributed by atoms with Crippen molar-refractivity contribution in [3.05, 3.63) is 171 Å². The van der Waals surface area contributed by atoms with E-state index in [1.807, 2.05) is 133 Å². The van der Waals surface area contributed by atoms with Gasteiger partial charge in [0, 0.05) is 47.0 Å². The van der Waals surface area contributed by atoms with E-state index in [1.165, 1.54) is 0 Å². The van der Waals surface area contributed by atoms with Gasteiger partial charge in [0.05, 0.1) is 45.4 Å². The Morgan fingerprint density at radius 3 is 1.35 bits per heavy atom. The molecule has 0 amide bonds. The van der Waals surface area contributed by atoms with E-state index in [9.17, 15) is 0 Å². The standard InChI is InChI=1S/C40H28N8Si/c1-5-13-29(14-6-1)33-21-23-44-40(47-33)49(36-22-24-43-39(48-36)32-19-11-4-12-20-32,37-27-41-25-34(45-37)30-15-7-2-8-16-30)38-28-42-26-35(46-38)31-17-9-3-10-18-31/h1-28H. The highest BCUT2D eigenvalue weighted by atomic mass is 28.3. The first-order chi connectivity index (χ1) is 24.3. The van der Waals surface area contributed by atoms with Crippen molar-refractivity contribution in [1.82, 2.24) is 39.9 Å². The zero-order chi connectivity index (χ0) is 32.9. The Hall–Kier alpha value is -6.58. The molecule has 4 aromatic carbocycles. The van der Waals surface area contributed by atoms with Crippen LogP contribution in [0.15, 0.2) is 171 Å². The van der Waals surface area contributed by atoms with Gasteiger partial charge in [-0.2, -0.15) is 0 Å². The maximum atomic E-state index is 5.34. The van der Waals surface area contributed by atoms with Gasteiger partial charge in [0.25, 0.3) is 8.07 Å². The molecule has 8 nitrogen and oxygen atoms in total. The van der Waals surface area contributed by atoms with Crippen molar-refractivity contribution in [1.29, 1.82) is 0 Å². The Bertz CT molecular complexity index is 2000. The van der Waals surface area contributed by atoms with E-state index in [4.69, 9.17) is 39.9 Å². The van der Waals surface area contributed by atoms with E-state index >= 15 is 0 Å². The molecule has 0 saturated carbocycles. The van der Waals surface area contributed by atoms with Crippen molar-refractivity contribution < 1.29 is 0 Å². The third-order valence-corrected chi connectivity index (χ3v) is 12.3. The highest BCUT2D eigenvalue weighted by Gasteiger charge is 2.50. The van der Waals surface area contributed by atoms with E-state index in [1.54, 1.807) is 37.2 Å². The summed E-state index contributed by atoms with van der Waals surface area (Å²) < 4.78 is 0. The summed E-state index contributed by atoms with van der Waals surface area (Å²) in [6.07, 6.45) is 10.8. The van der Waals surface area contributed by atoms with Crippen LogP contribution in [0.1, 0.15) is 0 Å². The summed E-state index contributed by atoms with van der Waals surface area (Å²) >= 11 is 0. The van der Waals surface area contributed by atoms with Gasteiger partial charge < -0.3 is 0 Å². The number of rotatable bonds is 8. The van der Waals surface area contributed by atoms with E-state index < -0.39 is 8.07 Å². The largest absolute Gasteiger partial charge is 0.290 e. The molecule has 0 aliphatic rings. The van der Waals surface area contributed by atoms with Gasteiger partial charge >= 0.3 is 0 Å². The summed E-state index contributed by atoms with van der Waals surface area (Å²) in [5, 5.41) is 2.07. The summed E-state index contributed by atoms with van der Waals surface area (Å²) in [4.78, 5) is 40.5. The fourth-order valence-corrected chi connectivity index (χ4v) is 9.67. The van der Waals surface area contributed by atoms with Crippen LogP contribution in [0.2, 0.25) is 0 Å². The lowest BCUT2D eigenvalue weighted by molar-refractivity contribution is 1.17. The lowest BCUT2D eigenvalue weighted by Gasteiger charge is -2.29. The number of hydrogen-bond donors (Lipinski definition) is 0. The van der Waals surface area contributed by atoms with Crippen LogP contribution in [0, 0.1) is 0 Å². The van der Waals surface area contributed by atoms with Crippen LogP contribution in [0.4, 0.5) is 0 Å². The third-order valence-electron chi connectivity index (χ3n) is 8.31. The summed E-state index contributed by atoms with van der Waals surface area (Å²) in [6, 6.07) is 43.9. The van der Waals surface area contributed by atoms with Gasteiger partial charge in [-0.25, -0.2) is 19.9 Å². The molecular formula is C40H28N8Si. The van der Waals surface area contributed by atoms with Gasteiger partial charge in [0.15, 0.2) is 5.82 Å². The van der Waals surface area contributed by atoms with Crippen LogP contribution in [0.3, 0.4) is 0 Å². The smallest absolute Gasteiger partial charge is 0.261 e. The molecule has 0 bridgehead atoms. The SMILES string of the molecule is c1ccc(-c2cncc([Si](c3cncc(-c4ccccc4)n3)(c3ccnc(-c4ccccc4)n3)c3nccc(-c4ccccc4)n3)n2)cc1. The first-order valence-corrected chi connectivity index (χ1v) is 17.8. The lowest BCUT2D eigenvalue weighted by atomic mass is 10.1. The average molecular weight is 649 g/mol. The molecule has 49 heavy (non-hydrogen) atoms. The lowest BCUT2D eigenvalue weighted by Crippen LogP contribution is -2.78. The molecule has 4 heterocycles. The van der Waals surface area contributed by atoms with E-state index in [2.05, 4.69) is 0 Å². The topological polar surface area (TPSA) is 103 Å². The summed E-state index contributed by atoms with van der Waals surface area (Å²) in [7, 11) is -3.68. The van der Waals surface area contributed by atoms with Crippen molar-refractivity contribution in [3.8, 4) is 45.2 Å². The molecule has 0 radical (unpaired) electrons. The Labute approximate surface area is 284 Å². The summed E-state index contributed by atoms with van der Waals surface area (Å²) in [6.45, 7) is 0. The van der Waals surface area contributed by atoms with Crippen LogP contribution < -0.4 is 21.4 Å². The molecule has 0 spiro atoms. The number of hydrogen-bond acceptors (Lipinski definition) is 8. The van der Waals surface area contributed by atoms with Crippen LogP contribution >= 0.6 is 0 Å². The first kappa shape index (κ1) is 29.8. The molecule has 0 saturated heterocycles. The number of nitrogens with zero attached hydrogens (tertiary/aromatic N) is 8. The highest BCUT2D eigenvalue weighted by molar-refractivity contribution is 7.18. The maximum absolute atomic E-state index is 5.34. The maximum Gasteiger partial charge on any atom is 0.290 e. The Balaban J connectivity index is 1.47. The second-order valence-electron chi connectivity index (χ2n) is 11.3. The number of benzene rings is 4. The van der Waals surface area contributed by atoms with Crippen LogP contribution in [0.25, 0.3) is 45.2 Å². The Kier molecular flexibility index (Phi) is 8.07. The van der Waals surface area contributed by atoms with Gasteiger partial charge in [-0.1, -0.05) is 121 Å². The Morgan fingerprint density at radius 1 is 0.347 bits per heavy atom. The molecule has 0 N–H and O–H groups in total. The normalized spacial score (nSPS) is 11.3. The third kappa shape index (κ3) is 5.79. The molecule has 0 aliphatic carbocycles.